The van der Waals surface area contributed by atoms with Gasteiger partial charge in [-0.2, -0.15) is 18.3 Å². The van der Waals surface area contributed by atoms with Crippen molar-refractivity contribution in [2.24, 2.45) is 0 Å². The van der Waals surface area contributed by atoms with E-state index in [2.05, 4.69) is 34.3 Å². The Bertz CT molecular complexity index is 1050. The van der Waals surface area contributed by atoms with E-state index < -0.39 is 11.9 Å². The van der Waals surface area contributed by atoms with E-state index in [0.29, 0.717) is 24.3 Å². The predicted molar refractivity (Wildman–Crippen MR) is 120 cm³/mol. The van der Waals surface area contributed by atoms with Crippen molar-refractivity contribution in [3.8, 4) is 5.69 Å². The van der Waals surface area contributed by atoms with Gasteiger partial charge in [0.2, 0.25) is 0 Å². The van der Waals surface area contributed by atoms with Crippen LogP contribution in [0.15, 0.2) is 66.9 Å². The standard InChI is InChI=1S/C25H27F3N4O/c26-25(27,28)23-13-17-32(29-23)22-11-9-21(10-12-22)24(33)31-16-5-15-30(18-19-31)14-4-8-20-6-2-1-3-7-20/h1-3,6-7,9-13,17H,4-5,8,14-16,18-19H2. The first kappa shape index (κ1) is 23.0. The zero-order chi connectivity index (χ0) is 23.3. The van der Waals surface area contributed by atoms with E-state index in [-0.39, 0.29) is 5.91 Å². The quantitative estimate of drug-likeness (QED) is 0.541. The lowest BCUT2D eigenvalue weighted by Crippen LogP contribution is -2.35. The van der Waals surface area contributed by atoms with Crippen LogP contribution in [0, 0.1) is 0 Å². The highest BCUT2D eigenvalue weighted by molar-refractivity contribution is 5.94. The minimum atomic E-state index is -4.48. The maximum absolute atomic E-state index is 13.0. The van der Waals surface area contributed by atoms with Crippen LogP contribution in [0.1, 0.15) is 34.5 Å². The van der Waals surface area contributed by atoms with Crippen LogP contribution in [0.2, 0.25) is 0 Å². The Hall–Kier alpha value is -3.13. The summed E-state index contributed by atoms with van der Waals surface area (Å²) in [5, 5.41) is 3.57. The van der Waals surface area contributed by atoms with Crippen LogP contribution in [-0.4, -0.2) is 58.2 Å². The van der Waals surface area contributed by atoms with Crippen LogP contribution in [0.3, 0.4) is 0 Å². The lowest BCUT2D eigenvalue weighted by Gasteiger charge is -2.22. The minimum absolute atomic E-state index is 0.0517. The summed E-state index contributed by atoms with van der Waals surface area (Å²) in [6.45, 7) is 4.18. The molecule has 1 aliphatic heterocycles. The number of rotatable bonds is 6. The Kier molecular flexibility index (Phi) is 7.13. The van der Waals surface area contributed by atoms with Crippen molar-refractivity contribution >= 4 is 5.91 Å². The van der Waals surface area contributed by atoms with Crippen molar-refractivity contribution in [2.75, 3.05) is 32.7 Å². The molecule has 4 rings (SSSR count). The molecule has 33 heavy (non-hydrogen) atoms. The molecule has 0 radical (unpaired) electrons. The Balaban J connectivity index is 1.30. The number of benzene rings is 2. The molecule has 3 aromatic rings. The molecule has 0 bridgehead atoms. The van der Waals surface area contributed by atoms with E-state index in [0.717, 1.165) is 49.6 Å². The van der Waals surface area contributed by atoms with E-state index in [1.807, 2.05) is 11.0 Å². The summed E-state index contributed by atoms with van der Waals surface area (Å²) in [6, 6.07) is 17.9. The number of alkyl halides is 3. The third kappa shape index (κ3) is 6.01. The summed E-state index contributed by atoms with van der Waals surface area (Å²) in [6.07, 6.45) is -0.164. The molecular formula is C25H27F3N4O. The van der Waals surface area contributed by atoms with Gasteiger partial charge in [-0.25, -0.2) is 4.68 Å². The summed E-state index contributed by atoms with van der Waals surface area (Å²) in [5.74, 6) is -0.0517. The van der Waals surface area contributed by atoms with Gasteiger partial charge in [-0.05, 0) is 68.2 Å². The van der Waals surface area contributed by atoms with E-state index >= 15 is 0 Å². The molecule has 1 amide bonds. The summed E-state index contributed by atoms with van der Waals surface area (Å²) in [4.78, 5) is 17.3. The molecule has 1 fully saturated rings. The smallest absolute Gasteiger partial charge is 0.337 e. The third-order valence-corrected chi connectivity index (χ3v) is 5.92. The summed E-state index contributed by atoms with van der Waals surface area (Å²) >= 11 is 0. The second-order valence-electron chi connectivity index (χ2n) is 8.27. The van der Waals surface area contributed by atoms with Gasteiger partial charge in [0.1, 0.15) is 0 Å². The fourth-order valence-electron chi connectivity index (χ4n) is 4.11. The fourth-order valence-corrected chi connectivity index (χ4v) is 4.11. The first-order valence-electron chi connectivity index (χ1n) is 11.2. The van der Waals surface area contributed by atoms with Gasteiger partial charge in [0.15, 0.2) is 5.69 Å². The van der Waals surface area contributed by atoms with Gasteiger partial charge in [-0.1, -0.05) is 30.3 Å². The molecule has 1 aliphatic rings. The molecule has 0 saturated carbocycles. The topological polar surface area (TPSA) is 41.4 Å². The zero-order valence-electron chi connectivity index (χ0n) is 18.3. The Morgan fingerprint density at radius 3 is 2.36 bits per heavy atom. The number of nitrogens with zero attached hydrogens (tertiary/aromatic N) is 4. The molecule has 0 aliphatic carbocycles. The zero-order valence-corrected chi connectivity index (χ0v) is 18.3. The third-order valence-electron chi connectivity index (χ3n) is 5.92. The number of aromatic nitrogens is 2. The minimum Gasteiger partial charge on any atom is -0.337 e. The maximum atomic E-state index is 13.0. The number of carbonyl (C=O) groups is 1. The second kappa shape index (κ2) is 10.2. The first-order chi connectivity index (χ1) is 15.9. The second-order valence-corrected chi connectivity index (χ2v) is 8.27. The first-order valence-corrected chi connectivity index (χ1v) is 11.2. The maximum Gasteiger partial charge on any atom is 0.435 e. The highest BCUT2D eigenvalue weighted by Crippen LogP contribution is 2.28. The van der Waals surface area contributed by atoms with E-state index in [4.69, 9.17) is 0 Å². The number of hydrogen-bond donors (Lipinski definition) is 0. The molecule has 2 aromatic carbocycles. The van der Waals surface area contributed by atoms with Crippen LogP contribution in [0.25, 0.3) is 5.69 Å². The van der Waals surface area contributed by atoms with Crippen molar-refractivity contribution < 1.29 is 18.0 Å². The normalized spacial score (nSPS) is 15.4. The highest BCUT2D eigenvalue weighted by Gasteiger charge is 2.33. The fraction of sp³-hybridized carbons (Fsp3) is 0.360. The van der Waals surface area contributed by atoms with Crippen molar-refractivity contribution in [2.45, 2.75) is 25.4 Å². The number of aryl methyl sites for hydroxylation is 1. The van der Waals surface area contributed by atoms with Crippen molar-refractivity contribution in [1.82, 2.24) is 19.6 Å². The highest BCUT2D eigenvalue weighted by atomic mass is 19.4. The SMILES string of the molecule is O=C(c1ccc(-n2ccc(C(F)(F)F)n2)cc1)N1CCCN(CCCc2ccccc2)CC1. The average Bonchev–Trinajstić information content (AvgIpc) is 3.21. The largest absolute Gasteiger partial charge is 0.435 e. The van der Waals surface area contributed by atoms with E-state index in [1.165, 1.54) is 11.8 Å². The molecule has 0 N–H and O–H groups in total. The van der Waals surface area contributed by atoms with Gasteiger partial charge < -0.3 is 9.80 Å². The van der Waals surface area contributed by atoms with Crippen molar-refractivity contribution in [1.29, 1.82) is 0 Å². The van der Waals surface area contributed by atoms with E-state index in [9.17, 15) is 18.0 Å². The molecule has 0 atom stereocenters. The van der Waals surface area contributed by atoms with Crippen molar-refractivity contribution in [3.05, 3.63) is 83.7 Å². The van der Waals surface area contributed by atoms with Crippen LogP contribution in [0.5, 0.6) is 0 Å². The van der Waals surface area contributed by atoms with E-state index in [1.54, 1.807) is 24.3 Å². The van der Waals surface area contributed by atoms with Crippen LogP contribution < -0.4 is 0 Å². The molecule has 2 heterocycles. The molecule has 8 heteroatoms. The molecule has 1 saturated heterocycles. The summed E-state index contributed by atoms with van der Waals surface area (Å²) in [7, 11) is 0. The Morgan fingerprint density at radius 1 is 0.909 bits per heavy atom. The molecule has 0 spiro atoms. The lowest BCUT2D eigenvalue weighted by atomic mass is 10.1. The van der Waals surface area contributed by atoms with Gasteiger partial charge in [0.05, 0.1) is 5.69 Å². The molecule has 1 aromatic heterocycles. The van der Waals surface area contributed by atoms with Gasteiger partial charge in [-0.15, -0.1) is 0 Å². The van der Waals surface area contributed by atoms with Crippen molar-refractivity contribution in [3.63, 3.8) is 0 Å². The number of halogens is 3. The van der Waals surface area contributed by atoms with Gasteiger partial charge in [0, 0.05) is 31.4 Å². The monoisotopic (exact) mass is 456 g/mol. The number of carbonyl (C=O) groups excluding carboxylic acids is 1. The predicted octanol–water partition coefficient (Wildman–Crippen LogP) is 4.67. The van der Waals surface area contributed by atoms with Gasteiger partial charge in [-0.3, -0.25) is 4.79 Å². The Labute approximate surface area is 191 Å². The summed E-state index contributed by atoms with van der Waals surface area (Å²) in [5.41, 5.74) is 1.40. The number of hydrogen-bond acceptors (Lipinski definition) is 3. The molecule has 5 nitrogen and oxygen atoms in total. The molecular weight excluding hydrogens is 429 g/mol. The van der Waals surface area contributed by atoms with Crippen LogP contribution in [-0.2, 0) is 12.6 Å². The summed E-state index contributed by atoms with van der Waals surface area (Å²) < 4.78 is 39.5. The van der Waals surface area contributed by atoms with Gasteiger partial charge >= 0.3 is 6.18 Å². The average molecular weight is 457 g/mol. The number of amides is 1. The van der Waals surface area contributed by atoms with Crippen LogP contribution in [0.4, 0.5) is 13.2 Å². The lowest BCUT2D eigenvalue weighted by molar-refractivity contribution is -0.141. The van der Waals surface area contributed by atoms with Gasteiger partial charge in [0.25, 0.3) is 5.91 Å². The Morgan fingerprint density at radius 2 is 1.67 bits per heavy atom. The molecule has 0 unspecified atom stereocenters. The van der Waals surface area contributed by atoms with Crippen LogP contribution >= 0.6 is 0 Å². The molecule has 174 valence electrons.